The first-order chi connectivity index (χ1) is 23.8. The molecule has 0 spiro atoms. The molecule has 3 nitrogen and oxygen atoms in total. The van der Waals surface area contributed by atoms with Crippen LogP contribution in [0.2, 0.25) is 0 Å². The van der Waals surface area contributed by atoms with Crippen LogP contribution in [0.5, 0.6) is 0 Å². The van der Waals surface area contributed by atoms with Gasteiger partial charge in [0.05, 0.1) is 15.9 Å². The lowest BCUT2D eigenvalue weighted by atomic mass is 9.98. The zero-order valence-corrected chi connectivity index (χ0v) is 26.5. The minimum Gasteiger partial charge on any atom is -0.455 e. The Morgan fingerprint density at radius 2 is 1.04 bits per heavy atom. The van der Waals surface area contributed by atoms with Crippen LogP contribution in [0.1, 0.15) is 0 Å². The molecule has 0 fully saturated rings. The SMILES string of the molecule is c1ccc(-c2ccc(-c3nc(-c4cc5c6cc(-c7ccccc7)ccc6oc5c5ccccc45)nc4c3sc3ccccc34)cc2)cc1. The smallest absolute Gasteiger partial charge is 0.161 e. The van der Waals surface area contributed by atoms with Crippen LogP contribution >= 0.6 is 11.3 Å². The highest BCUT2D eigenvalue weighted by atomic mass is 32.1. The van der Waals surface area contributed by atoms with Gasteiger partial charge in [-0.05, 0) is 51.9 Å². The van der Waals surface area contributed by atoms with E-state index in [1.165, 1.54) is 21.4 Å². The van der Waals surface area contributed by atoms with Crippen molar-refractivity contribution >= 4 is 64.4 Å². The molecule has 224 valence electrons. The Morgan fingerprint density at radius 3 is 1.81 bits per heavy atom. The number of hydrogen-bond acceptors (Lipinski definition) is 4. The van der Waals surface area contributed by atoms with Crippen molar-refractivity contribution < 1.29 is 4.42 Å². The Bertz CT molecular complexity index is 2820. The number of thiophene rings is 1. The maximum atomic E-state index is 6.56. The van der Waals surface area contributed by atoms with Crippen molar-refractivity contribution in [2.24, 2.45) is 0 Å². The standard InChI is InChI=1S/C44H26N2OS/c1-3-11-27(12-4-1)29-19-21-30(22-20-29)40-43-41(34-17-9-10-18-39(34)48-43)46-44(45-40)37-26-36-35-25-31(28-13-5-2-6-14-28)23-24-38(35)47-42(36)33-16-8-7-15-32(33)37/h1-26H. The van der Waals surface area contributed by atoms with Crippen LogP contribution in [0, 0.1) is 0 Å². The van der Waals surface area contributed by atoms with E-state index in [1.807, 2.05) is 12.1 Å². The normalized spacial score (nSPS) is 11.8. The van der Waals surface area contributed by atoms with Crippen LogP contribution in [-0.4, -0.2) is 9.97 Å². The molecule has 10 rings (SSSR count). The number of aromatic nitrogens is 2. The summed E-state index contributed by atoms with van der Waals surface area (Å²) in [6.07, 6.45) is 0. The Labute approximate surface area is 280 Å². The van der Waals surface area contributed by atoms with Crippen LogP contribution in [0.15, 0.2) is 162 Å². The number of fused-ring (bicyclic) bond motifs is 8. The third-order valence-corrected chi connectivity index (χ3v) is 10.5. The molecule has 0 saturated carbocycles. The second-order valence-corrected chi connectivity index (χ2v) is 13.2. The van der Waals surface area contributed by atoms with Gasteiger partial charge in [-0.1, -0.05) is 133 Å². The third-order valence-electron chi connectivity index (χ3n) is 9.31. The highest BCUT2D eigenvalue weighted by Gasteiger charge is 2.21. The third kappa shape index (κ3) is 4.27. The highest BCUT2D eigenvalue weighted by molar-refractivity contribution is 7.26. The maximum absolute atomic E-state index is 6.56. The van der Waals surface area contributed by atoms with Gasteiger partial charge >= 0.3 is 0 Å². The molecule has 48 heavy (non-hydrogen) atoms. The number of furan rings is 1. The van der Waals surface area contributed by atoms with Crippen molar-refractivity contribution in [1.29, 1.82) is 0 Å². The van der Waals surface area contributed by atoms with Crippen molar-refractivity contribution in [3.63, 3.8) is 0 Å². The average Bonchev–Trinajstić information content (AvgIpc) is 3.73. The molecule has 3 heterocycles. The Kier molecular flexibility index (Phi) is 6.05. The summed E-state index contributed by atoms with van der Waals surface area (Å²) >= 11 is 1.76. The van der Waals surface area contributed by atoms with Gasteiger partial charge in [0.15, 0.2) is 5.82 Å². The molecule has 0 saturated heterocycles. The molecule has 0 N–H and O–H groups in total. The molecule has 0 radical (unpaired) electrons. The molecule has 0 aliphatic rings. The topological polar surface area (TPSA) is 38.9 Å². The van der Waals surface area contributed by atoms with E-state index in [0.29, 0.717) is 5.82 Å². The van der Waals surface area contributed by atoms with Gasteiger partial charge < -0.3 is 4.42 Å². The summed E-state index contributed by atoms with van der Waals surface area (Å²) in [6, 6.07) is 55.4. The van der Waals surface area contributed by atoms with Crippen LogP contribution < -0.4 is 0 Å². The minimum absolute atomic E-state index is 0.708. The van der Waals surface area contributed by atoms with Gasteiger partial charge in [0.2, 0.25) is 0 Å². The number of benzene rings is 7. The largest absolute Gasteiger partial charge is 0.455 e. The lowest BCUT2D eigenvalue weighted by Crippen LogP contribution is -1.95. The predicted molar refractivity (Wildman–Crippen MR) is 201 cm³/mol. The molecule has 4 heteroatoms. The van der Waals surface area contributed by atoms with Crippen molar-refractivity contribution in [2.45, 2.75) is 0 Å². The molecule has 0 atom stereocenters. The Balaban J connectivity index is 1.24. The fourth-order valence-corrected chi connectivity index (χ4v) is 8.11. The van der Waals surface area contributed by atoms with Crippen molar-refractivity contribution in [2.75, 3.05) is 0 Å². The van der Waals surface area contributed by atoms with E-state index in [4.69, 9.17) is 14.4 Å². The van der Waals surface area contributed by atoms with E-state index in [1.54, 1.807) is 11.3 Å². The molecule has 0 aliphatic carbocycles. The second kappa shape index (κ2) is 10.7. The molecule has 0 unspecified atom stereocenters. The minimum atomic E-state index is 0.708. The number of nitrogens with zero attached hydrogens (tertiary/aromatic N) is 2. The van der Waals surface area contributed by atoms with Gasteiger partial charge in [0.25, 0.3) is 0 Å². The number of hydrogen-bond donors (Lipinski definition) is 0. The Hall–Kier alpha value is -6.10. The van der Waals surface area contributed by atoms with Crippen LogP contribution in [0.3, 0.4) is 0 Å². The van der Waals surface area contributed by atoms with Crippen LogP contribution in [0.25, 0.3) is 97.9 Å². The molecular formula is C44H26N2OS. The first-order valence-corrected chi connectivity index (χ1v) is 16.9. The van der Waals surface area contributed by atoms with E-state index in [2.05, 4.69) is 146 Å². The Morgan fingerprint density at radius 1 is 0.438 bits per heavy atom. The summed E-state index contributed by atoms with van der Waals surface area (Å²) in [6.45, 7) is 0. The lowest BCUT2D eigenvalue weighted by molar-refractivity contribution is 0.673. The predicted octanol–water partition coefficient (Wildman–Crippen LogP) is 12.6. The molecular weight excluding hydrogens is 605 g/mol. The van der Waals surface area contributed by atoms with E-state index < -0.39 is 0 Å². The maximum Gasteiger partial charge on any atom is 0.161 e. The zero-order valence-electron chi connectivity index (χ0n) is 25.7. The molecule has 0 aliphatic heterocycles. The second-order valence-electron chi connectivity index (χ2n) is 12.1. The first-order valence-electron chi connectivity index (χ1n) is 16.1. The van der Waals surface area contributed by atoms with Crippen LogP contribution in [-0.2, 0) is 0 Å². The van der Waals surface area contributed by atoms with Gasteiger partial charge in [0.1, 0.15) is 11.2 Å². The quantitative estimate of drug-likeness (QED) is 0.194. The molecule has 0 amide bonds. The van der Waals surface area contributed by atoms with Crippen molar-refractivity contribution in [3.05, 3.63) is 158 Å². The summed E-state index contributed by atoms with van der Waals surface area (Å²) in [5.41, 5.74) is 10.5. The summed E-state index contributed by atoms with van der Waals surface area (Å²) in [5, 5.41) is 5.41. The van der Waals surface area contributed by atoms with Gasteiger partial charge in [0, 0.05) is 37.4 Å². The van der Waals surface area contributed by atoms with Gasteiger partial charge in [-0.15, -0.1) is 11.3 Å². The molecule has 3 aromatic heterocycles. The van der Waals surface area contributed by atoms with Crippen molar-refractivity contribution in [3.8, 4) is 44.9 Å². The first kappa shape index (κ1) is 27.1. The van der Waals surface area contributed by atoms with Gasteiger partial charge in [-0.3, -0.25) is 0 Å². The number of rotatable bonds is 4. The molecule has 7 aromatic carbocycles. The van der Waals surface area contributed by atoms with E-state index in [-0.39, 0.29) is 0 Å². The zero-order chi connectivity index (χ0) is 31.6. The van der Waals surface area contributed by atoms with E-state index in [0.717, 1.165) is 70.7 Å². The fraction of sp³-hybridized carbons (Fsp3) is 0. The summed E-state index contributed by atoms with van der Waals surface area (Å²) in [7, 11) is 0. The molecule has 0 bridgehead atoms. The van der Waals surface area contributed by atoms with Crippen molar-refractivity contribution in [1.82, 2.24) is 9.97 Å². The summed E-state index contributed by atoms with van der Waals surface area (Å²) in [5.74, 6) is 0.708. The summed E-state index contributed by atoms with van der Waals surface area (Å²) in [4.78, 5) is 10.7. The van der Waals surface area contributed by atoms with Gasteiger partial charge in [-0.2, -0.15) is 0 Å². The monoisotopic (exact) mass is 630 g/mol. The van der Waals surface area contributed by atoms with Gasteiger partial charge in [-0.25, -0.2) is 9.97 Å². The lowest BCUT2D eigenvalue weighted by Gasteiger charge is -2.11. The molecule has 10 aromatic rings. The van der Waals surface area contributed by atoms with E-state index >= 15 is 0 Å². The average molecular weight is 631 g/mol. The highest BCUT2D eigenvalue weighted by Crippen LogP contribution is 2.43. The van der Waals surface area contributed by atoms with E-state index in [9.17, 15) is 0 Å². The van der Waals surface area contributed by atoms with Crippen LogP contribution in [0.4, 0.5) is 0 Å². The fourth-order valence-electron chi connectivity index (χ4n) is 6.95. The summed E-state index contributed by atoms with van der Waals surface area (Å²) < 4.78 is 8.87.